The number of amidine groups is 1. The zero-order valence-electron chi connectivity index (χ0n) is 13.0. The van der Waals surface area contributed by atoms with E-state index in [0.29, 0.717) is 18.3 Å². The van der Waals surface area contributed by atoms with Crippen LogP contribution in [0.1, 0.15) is 30.5 Å². The number of hydrazone groups is 1. The molecule has 0 radical (unpaired) electrons. The van der Waals surface area contributed by atoms with Crippen LogP contribution in [0.4, 0.5) is 10.2 Å². The van der Waals surface area contributed by atoms with Crippen LogP contribution in [0.5, 0.6) is 0 Å². The second kappa shape index (κ2) is 6.36. The molecule has 1 atom stereocenters. The first-order chi connectivity index (χ1) is 11.7. The Kier molecular flexibility index (Phi) is 4.06. The fourth-order valence-corrected chi connectivity index (χ4v) is 3.13. The zero-order valence-corrected chi connectivity index (χ0v) is 13.7. The van der Waals surface area contributed by atoms with Crippen molar-refractivity contribution in [2.45, 2.75) is 31.7 Å². The molecule has 1 fully saturated rings. The van der Waals surface area contributed by atoms with Crippen molar-refractivity contribution in [2.75, 3.05) is 5.32 Å². The van der Waals surface area contributed by atoms with Crippen LogP contribution in [0.3, 0.4) is 0 Å². The van der Waals surface area contributed by atoms with Crippen LogP contribution < -0.4 is 10.7 Å². The van der Waals surface area contributed by atoms with Gasteiger partial charge in [-0.15, -0.1) is 0 Å². The van der Waals surface area contributed by atoms with Crippen LogP contribution in [0.25, 0.3) is 0 Å². The van der Waals surface area contributed by atoms with E-state index in [2.05, 4.69) is 25.8 Å². The van der Waals surface area contributed by atoms with Crippen molar-refractivity contribution in [3.63, 3.8) is 0 Å². The Morgan fingerprint density at radius 1 is 1.25 bits per heavy atom. The molecule has 0 amide bonds. The Morgan fingerprint density at radius 3 is 2.92 bits per heavy atom. The van der Waals surface area contributed by atoms with Gasteiger partial charge in [0, 0.05) is 18.9 Å². The molecular weight excluding hydrogens is 329 g/mol. The molecule has 1 aliphatic heterocycles. The monoisotopic (exact) mass is 345 g/mol. The van der Waals surface area contributed by atoms with Gasteiger partial charge in [-0.3, -0.25) is 0 Å². The second-order valence-corrected chi connectivity index (χ2v) is 6.62. The summed E-state index contributed by atoms with van der Waals surface area (Å²) in [5, 5.41) is 7.70. The van der Waals surface area contributed by atoms with Gasteiger partial charge in [0.15, 0.2) is 0 Å². The van der Waals surface area contributed by atoms with Crippen molar-refractivity contribution >= 4 is 23.3 Å². The first-order valence-corrected chi connectivity index (χ1v) is 8.40. The Bertz CT molecular complexity index is 790. The lowest BCUT2D eigenvalue weighted by Crippen LogP contribution is -2.22. The highest BCUT2D eigenvalue weighted by atomic mass is 35.5. The standard InChI is InChI=1S/C17H17ClFN5/c18-17-20-13(7-10-2-1-3-12(19)6-10)8-15(22-17)21-16-9-14(23-24-16)11-4-5-11/h1-3,6,8,11,14,23H,4-5,7,9H2,(H,20,21,22,24). The van der Waals surface area contributed by atoms with Crippen molar-refractivity contribution in [1.82, 2.24) is 15.4 Å². The normalized spacial score (nSPS) is 19.8. The van der Waals surface area contributed by atoms with Gasteiger partial charge in [0.2, 0.25) is 5.28 Å². The van der Waals surface area contributed by atoms with Crippen LogP contribution in [-0.4, -0.2) is 21.8 Å². The Hall–Kier alpha value is -2.21. The summed E-state index contributed by atoms with van der Waals surface area (Å²) in [7, 11) is 0. The highest BCUT2D eigenvalue weighted by molar-refractivity contribution is 6.28. The van der Waals surface area contributed by atoms with E-state index in [0.717, 1.165) is 29.4 Å². The molecule has 2 aromatic rings. The van der Waals surface area contributed by atoms with Crippen LogP contribution >= 0.6 is 11.6 Å². The number of halogens is 2. The number of aromatic nitrogens is 2. The Labute approximate surface area is 144 Å². The molecule has 0 bridgehead atoms. The lowest BCUT2D eigenvalue weighted by atomic mass is 10.1. The van der Waals surface area contributed by atoms with Gasteiger partial charge < -0.3 is 10.7 Å². The molecule has 4 rings (SSSR count). The number of nitrogens with zero attached hydrogens (tertiary/aromatic N) is 3. The molecule has 7 heteroatoms. The maximum atomic E-state index is 13.3. The minimum atomic E-state index is -0.261. The summed E-state index contributed by atoms with van der Waals surface area (Å²) in [6.45, 7) is 0. The van der Waals surface area contributed by atoms with E-state index in [4.69, 9.17) is 11.6 Å². The summed E-state index contributed by atoms with van der Waals surface area (Å²) in [4.78, 5) is 8.43. The smallest absolute Gasteiger partial charge is 0.224 e. The van der Waals surface area contributed by atoms with Crippen molar-refractivity contribution in [3.05, 3.63) is 52.7 Å². The molecule has 1 aromatic carbocycles. The minimum absolute atomic E-state index is 0.164. The van der Waals surface area contributed by atoms with E-state index in [-0.39, 0.29) is 11.1 Å². The third-order valence-corrected chi connectivity index (χ3v) is 4.44. The maximum absolute atomic E-state index is 13.3. The fraction of sp³-hybridized carbons (Fsp3) is 0.353. The number of nitrogens with one attached hydrogen (secondary N) is 2. The molecular formula is C17H17ClFN5. The molecule has 1 aliphatic carbocycles. The number of hydrogen-bond acceptors (Lipinski definition) is 5. The number of benzene rings is 1. The zero-order chi connectivity index (χ0) is 16.5. The van der Waals surface area contributed by atoms with E-state index in [1.807, 2.05) is 12.1 Å². The molecule has 24 heavy (non-hydrogen) atoms. The van der Waals surface area contributed by atoms with Crippen molar-refractivity contribution in [3.8, 4) is 0 Å². The molecule has 0 spiro atoms. The van der Waals surface area contributed by atoms with Gasteiger partial charge in [-0.2, -0.15) is 5.10 Å². The molecule has 124 valence electrons. The van der Waals surface area contributed by atoms with Crippen molar-refractivity contribution in [1.29, 1.82) is 0 Å². The van der Waals surface area contributed by atoms with Crippen molar-refractivity contribution in [2.24, 2.45) is 11.0 Å². The molecule has 1 unspecified atom stereocenters. The summed E-state index contributed by atoms with van der Waals surface area (Å²) in [6, 6.07) is 8.71. The van der Waals surface area contributed by atoms with Gasteiger partial charge >= 0.3 is 0 Å². The molecule has 2 heterocycles. The van der Waals surface area contributed by atoms with Crippen LogP contribution in [0.2, 0.25) is 5.28 Å². The first-order valence-electron chi connectivity index (χ1n) is 8.03. The second-order valence-electron chi connectivity index (χ2n) is 6.28. The SMILES string of the molecule is Fc1cccc(Cc2cc(NC3=NNC(C4CC4)C3)nc(Cl)n2)c1. The number of anilines is 1. The molecule has 1 aromatic heterocycles. The predicted octanol–water partition coefficient (Wildman–Crippen LogP) is 3.36. The Morgan fingerprint density at radius 2 is 2.12 bits per heavy atom. The van der Waals surface area contributed by atoms with Gasteiger partial charge in [-0.1, -0.05) is 12.1 Å². The van der Waals surface area contributed by atoms with Gasteiger partial charge in [-0.25, -0.2) is 14.4 Å². The molecule has 5 nitrogen and oxygen atoms in total. The third kappa shape index (κ3) is 3.64. The highest BCUT2D eigenvalue weighted by Crippen LogP contribution is 2.35. The summed E-state index contributed by atoms with van der Waals surface area (Å²) in [5.74, 6) is 1.95. The number of hydrogen-bond donors (Lipinski definition) is 2. The quantitative estimate of drug-likeness (QED) is 0.834. The third-order valence-electron chi connectivity index (χ3n) is 4.27. The van der Waals surface area contributed by atoms with E-state index >= 15 is 0 Å². The van der Waals surface area contributed by atoms with E-state index in [1.165, 1.54) is 25.0 Å². The predicted molar refractivity (Wildman–Crippen MR) is 91.6 cm³/mol. The highest BCUT2D eigenvalue weighted by Gasteiger charge is 2.34. The van der Waals surface area contributed by atoms with Gasteiger partial charge in [-0.05, 0) is 48.1 Å². The molecule has 0 saturated heterocycles. The van der Waals surface area contributed by atoms with Gasteiger partial charge in [0.1, 0.15) is 17.5 Å². The van der Waals surface area contributed by atoms with Gasteiger partial charge in [0.25, 0.3) is 0 Å². The Balaban J connectivity index is 1.47. The maximum Gasteiger partial charge on any atom is 0.224 e. The molecule has 1 saturated carbocycles. The number of rotatable bonds is 4. The lowest BCUT2D eigenvalue weighted by molar-refractivity contribution is 0.523. The van der Waals surface area contributed by atoms with Crippen LogP contribution in [0.15, 0.2) is 35.4 Å². The van der Waals surface area contributed by atoms with Crippen LogP contribution in [-0.2, 0) is 6.42 Å². The van der Waals surface area contributed by atoms with E-state index < -0.39 is 0 Å². The summed E-state index contributed by atoms with van der Waals surface area (Å²) >= 11 is 6.03. The average molecular weight is 346 g/mol. The lowest BCUT2D eigenvalue weighted by Gasteiger charge is -2.09. The first kappa shape index (κ1) is 15.3. The summed E-state index contributed by atoms with van der Waals surface area (Å²) < 4.78 is 13.3. The van der Waals surface area contributed by atoms with E-state index in [1.54, 1.807) is 6.07 Å². The van der Waals surface area contributed by atoms with Gasteiger partial charge in [0.05, 0.1) is 11.7 Å². The summed E-state index contributed by atoms with van der Waals surface area (Å²) in [6.07, 6.45) is 3.91. The topological polar surface area (TPSA) is 62.2 Å². The fourth-order valence-electron chi connectivity index (χ4n) is 2.93. The molecule has 2 aliphatic rings. The van der Waals surface area contributed by atoms with Crippen molar-refractivity contribution < 1.29 is 4.39 Å². The van der Waals surface area contributed by atoms with E-state index in [9.17, 15) is 4.39 Å². The minimum Gasteiger partial charge on any atom is -0.327 e. The largest absolute Gasteiger partial charge is 0.327 e. The average Bonchev–Trinajstić information content (AvgIpc) is 3.27. The molecule has 2 N–H and O–H groups in total. The summed E-state index contributed by atoms with van der Waals surface area (Å²) in [5.41, 5.74) is 4.74. The van der Waals surface area contributed by atoms with Crippen LogP contribution in [0, 0.1) is 11.7 Å².